The summed E-state index contributed by atoms with van der Waals surface area (Å²) >= 11 is 5.82. The Morgan fingerprint density at radius 3 is 2.61 bits per heavy atom. The molecule has 1 aliphatic heterocycles. The van der Waals surface area contributed by atoms with Crippen LogP contribution in [0.4, 0.5) is 0 Å². The van der Waals surface area contributed by atoms with Crippen LogP contribution in [0.15, 0.2) is 54.9 Å². The van der Waals surface area contributed by atoms with Gasteiger partial charge in [0, 0.05) is 31.0 Å². The first-order valence-corrected chi connectivity index (χ1v) is 11.1. The van der Waals surface area contributed by atoms with E-state index in [1.807, 2.05) is 48.1 Å². The second-order valence-electron chi connectivity index (χ2n) is 7.70. The summed E-state index contributed by atoms with van der Waals surface area (Å²) in [6.45, 7) is 5.17. The van der Waals surface area contributed by atoms with Crippen LogP contribution in [0.5, 0.6) is 0 Å². The maximum absolute atomic E-state index is 12.0. The number of rotatable bonds is 7. The number of likely N-dealkylation sites (tertiary alicyclic amines) is 1. The molecule has 0 unspecified atom stereocenters. The van der Waals surface area contributed by atoms with Crippen molar-refractivity contribution in [1.82, 2.24) is 24.2 Å². The molecule has 3 heterocycles. The fourth-order valence-corrected chi connectivity index (χ4v) is 4.16. The molecule has 162 valence electrons. The number of aromatic nitrogens is 4. The fraction of sp³-hybridized carbons (Fsp3) is 0.391. The Kier molecular flexibility index (Phi) is 6.89. The summed E-state index contributed by atoms with van der Waals surface area (Å²) in [6, 6.07) is 14.2. The topological polar surface area (TPSA) is 65.2 Å². The van der Waals surface area contributed by atoms with E-state index in [2.05, 4.69) is 26.6 Å². The van der Waals surface area contributed by atoms with Gasteiger partial charge in [-0.25, -0.2) is 4.68 Å². The van der Waals surface area contributed by atoms with Gasteiger partial charge in [-0.1, -0.05) is 30.3 Å². The second-order valence-corrected chi connectivity index (χ2v) is 8.07. The Balaban J connectivity index is 1.55. The molecule has 3 aromatic rings. The highest BCUT2D eigenvalue weighted by atomic mass is 32.1. The zero-order chi connectivity index (χ0) is 21.6. The van der Waals surface area contributed by atoms with E-state index in [1.165, 1.54) is 5.56 Å². The lowest BCUT2D eigenvalue weighted by Crippen LogP contribution is -2.38. The van der Waals surface area contributed by atoms with E-state index in [1.54, 1.807) is 6.20 Å². The molecule has 1 saturated heterocycles. The van der Waals surface area contributed by atoms with Gasteiger partial charge in [-0.2, -0.15) is 5.10 Å². The highest BCUT2D eigenvalue weighted by Gasteiger charge is 2.26. The summed E-state index contributed by atoms with van der Waals surface area (Å²) < 4.78 is 9.80. The first-order chi connectivity index (χ1) is 15.2. The van der Waals surface area contributed by atoms with Crippen LogP contribution in [-0.2, 0) is 22.7 Å². The van der Waals surface area contributed by atoms with Crippen molar-refractivity contribution >= 4 is 18.2 Å². The van der Waals surface area contributed by atoms with E-state index < -0.39 is 0 Å². The normalized spacial score (nSPS) is 15.1. The number of hydrogen-bond acceptors (Lipinski definition) is 6. The third-order valence-electron chi connectivity index (χ3n) is 5.57. The lowest BCUT2D eigenvalue weighted by Gasteiger charge is -2.30. The summed E-state index contributed by atoms with van der Waals surface area (Å²) in [5.74, 6) is 0.721. The van der Waals surface area contributed by atoms with Crippen molar-refractivity contribution in [2.75, 3.05) is 19.7 Å². The van der Waals surface area contributed by atoms with E-state index >= 15 is 0 Å². The van der Waals surface area contributed by atoms with Gasteiger partial charge in [-0.3, -0.25) is 19.2 Å². The maximum Gasteiger partial charge on any atom is 0.309 e. The Morgan fingerprint density at radius 2 is 1.94 bits per heavy atom. The van der Waals surface area contributed by atoms with Crippen molar-refractivity contribution in [3.8, 4) is 11.4 Å². The van der Waals surface area contributed by atoms with Crippen LogP contribution in [0.25, 0.3) is 11.4 Å². The highest BCUT2D eigenvalue weighted by Crippen LogP contribution is 2.22. The van der Waals surface area contributed by atoms with E-state index in [9.17, 15) is 4.79 Å². The van der Waals surface area contributed by atoms with Gasteiger partial charge in [0.15, 0.2) is 10.6 Å². The van der Waals surface area contributed by atoms with Crippen molar-refractivity contribution in [2.45, 2.75) is 33.0 Å². The molecule has 1 aromatic carbocycles. The van der Waals surface area contributed by atoms with Crippen LogP contribution < -0.4 is 0 Å². The van der Waals surface area contributed by atoms with Crippen LogP contribution in [-0.4, -0.2) is 49.9 Å². The molecule has 1 fully saturated rings. The summed E-state index contributed by atoms with van der Waals surface area (Å²) in [7, 11) is 0. The number of nitrogens with zero attached hydrogens (tertiary/aromatic N) is 5. The van der Waals surface area contributed by atoms with E-state index in [-0.39, 0.29) is 11.9 Å². The molecule has 0 saturated carbocycles. The number of ether oxygens (including phenoxy) is 1. The van der Waals surface area contributed by atoms with Crippen molar-refractivity contribution in [3.63, 3.8) is 0 Å². The van der Waals surface area contributed by atoms with Crippen LogP contribution in [0, 0.1) is 10.7 Å². The average molecular weight is 438 g/mol. The summed E-state index contributed by atoms with van der Waals surface area (Å²) in [5, 5.41) is 4.86. The van der Waals surface area contributed by atoms with Crippen LogP contribution in [0.3, 0.4) is 0 Å². The van der Waals surface area contributed by atoms with E-state index in [0.29, 0.717) is 24.6 Å². The minimum Gasteiger partial charge on any atom is -0.466 e. The minimum atomic E-state index is -0.0789. The van der Waals surface area contributed by atoms with Gasteiger partial charge in [0.25, 0.3) is 0 Å². The maximum atomic E-state index is 12.0. The molecular formula is C23H27N5O2S. The molecule has 0 radical (unpaired) electrons. The van der Waals surface area contributed by atoms with Crippen molar-refractivity contribution < 1.29 is 9.53 Å². The zero-order valence-corrected chi connectivity index (χ0v) is 18.5. The van der Waals surface area contributed by atoms with Crippen LogP contribution >= 0.6 is 12.2 Å². The van der Waals surface area contributed by atoms with E-state index in [0.717, 1.165) is 37.3 Å². The Morgan fingerprint density at radius 1 is 1.16 bits per heavy atom. The third kappa shape index (κ3) is 5.08. The van der Waals surface area contributed by atoms with Crippen molar-refractivity contribution in [1.29, 1.82) is 0 Å². The molecule has 0 aliphatic carbocycles. The summed E-state index contributed by atoms with van der Waals surface area (Å²) in [5.41, 5.74) is 2.10. The molecule has 0 N–H and O–H groups in total. The van der Waals surface area contributed by atoms with Gasteiger partial charge in [-0.05, 0) is 49.7 Å². The number of pyridine rings is 1. The minimum absolute atomic E-state index is 0.00855. The molecule has 0 bridgehead atoms. The molecule has 4 rings (SSSR count). The third-order valence-corrected chi connectivity index (χ3v) is 6.00. The van der Waals surface area contributed by atoms with Crippen molar-refractivity contribution in [2.24, 2.45) is 5.92 Å². The first kappa shape index (κ1) is 21.4. The molecule has 8 heteroatoms. The van der Waals surface area contributed by atoms with Gasteiger partial charge in [0.1, 0.15) is 0 Å². The first-order valence-electron chi connectivity index (χ1n) is 10.7. The number of carbonyl (C=O) groups excluding carboxylic acids is 1. The predicted octanol–water partition coefficient (Wildman–Crippen LogP) is 3.76. The van der Waals surface area contributed by atoms with Crippen molar-refractivity contribution in [3.05, 3.63) is 65.2 Å². The Hall–Kier alpha value is -2.84. The molecule has 1 aliphatic rings. The number of hydrogen-bond donors (Lipinski definition) is 0. The highest BCUT2D eigenvalue weighted by molar-refractivity contribution is 7.71. The molecule has 2 aromatic heterocycles. The smallest absolute Gasteiger partial charge is 0.309 e. The molecular weight excluding hydrogens is 410 g/mol. The molecule has 31 heavy (non-hydrogen) atoms. The Labute approximate surface area is 187 Å². The van der Waals surface area contributed by atoms with Gasteiger partial charge in [0.2, 0.25) is 0 Å². The summed E-state index contributed by atoms with van der Waals surface area (Å²) in [4.78, 5) is 18.6. The molecule has 0 spiro atoms. The zero-order valence-electron chi connectivity index (χ0n) is 17.7. The molecule has 7 nitrogen and oxygen atoms in total. The monoisotopic (exact) mass is 437 g/mol. The Bertz CT molecular complexity index is 1060. The average Bonchev–Trinajstić information content (AvgIpc) is 3.11. The van der Waals surface area contributed by atoms with Gasteiger partial charge in [-0.15, -0.1) is 0 Å². The van der Waals surface area contributed by atoms with E-state index in [4.69, 9.17) is 22.1 Å². The van der Waals surface area contributed by atoms with Gasteiger partial charge in [0.05, 0.1) is 25.7 Å². The number of benzene rings is 1. The number of piperidine rings is 1. The predicted molar refractivity (Wildman–Crippen MR) is 121 cm³/mol. The lowest BCUT2D eigenvalue weighted by molar-refractivity contribution is -0.149. The fourth-order valence-electron chi connectivity index (χ4n) is 3.91. The van der Waals surface area contributed by atoms with Gasteiger partial charge < -0.3 is 4.74 Å². The number of carbonyl (C=O) groups is 1. The molecule has 0 atom stereocenters. The number of esters is 1. The standard InChI is InChI=1S/C23H27N5O2S/c1-2-30-22(29)19-10-13-26(14-11-19)17-28-23(31)27(16-18-7-4-3-5-8-18)21(25-28)20-9-6-12-24-15-20/h3-9,12,15,19H,2,10-11,13-14,16-17H2,1H3. The van der Waals surface area contributed by atoms with Crippen LogP contribution in [0.2, 0.25) is 0 Å². The van der Waals surface area contributed by atoms with Crippen LogP contribution in [0.1, 0.15) is 25.3 Å². The van der Waals surface area contributed by atoms with Gasteiger partial charge >= 0.3 is 5.97 Å². The largest absolute Gasteiger partial charge is 0.466 e. The second kappa shape index (κ2) is 9.98. The summed E-state index contributed by atoms with van der Waals surface area (Å²) in [6.07, 6.45) is 5.16. The SMILES string of the molecule is CCOC(=O)C1CCN(Cn2nc(-c3cccnc3)n(Cc3ccccc3)c2=S)CC1. The molecule has 0 amide bonds. The lowest BCUT2D eigenvalue weighted by atomic mass is 9.97. The quantitative estimate of drug-likeness (QED) is 0.414.